The fourth-order valence-electron chi connectivity index (χ4n) is 2.90. The molecule has 1 amide bonds. The summed E-state index contributed by atoms with van der Waals surface area (Å²) in [6.07, 6.45) is 1.44. The fourth-order valence-corrected chi connectivity index (χ4v) is 2.90. The van der Waals surface area contributed by atoms with Crippen molar-refractivity contribution < 1.29 is 32.5 Å². The maximum Gasteiger partial charge on any atom is 0.387 e. The Morgan fingerprint density at radius 2 is 1.96 bits per heavy atom. The second-order valence-electron chi connectivity index (χ2n) is 5.89. The molecular formula is C16H20F2N2O5. The van der Waals surface area contributed by atoms with Crippen molar-refractivity contribution in [1.82, 2.24) is 5.32 Å². The van der Waals surface area contributed by atoms with Crippen LogP contribution < -0.4 is 25.3 Å². The number of amides is 1. The van der Waals surface area contributed by atoms with E-state index in [0.717, 1.165) is 12.8 Å². The third-order valence-corrected chi connectivity index (χ3v) is 4.30. The molecule has 0 spiro atoms. The first-order chi connectivity index (χ1) is 12.0. The third kappa shape index (κ3) is 4.29. The minimum Gasteiger partial charge on any atom is -0.454 e. The molecule has 1 aromatic carbocycles. The van der Waals surface area contributed by atoms with Crippen molar-refractivity contribution >= 4 is 5.91 Å². The molecule has 1 atom stereocenters. The van der Waals surface area contributed by atoms with Crippen LogP contribution in [-0.2, 0) is 16.1 Å². The van der Waals surface area contributed by atoms with E-state index >= 15 is 0 Å². The number of carbonyl (C=O) groups is 1. The van der Waals surface area contributed by atoms with E-state index in [-0.39, 0.29) is 30.9 Å². The molecule has 2 aliphatic heterocycles. The van der Waals surface area contributed by atoms with Crippen LogP contribution in [-0.4, -0.2) is 38.6 Å². The lowest BCUT2D eigenvalue weighted by atomic mass is 9.92. The minimum atomic E-state index is -2.99. The number of ether oxygens (including phenoxy) is 4. The fraction of sp³-hybridized carbons (Fsp3) is 0.562. The predicted molar refractivity (Wildman–Crippen MR) is 82.6 cm³/mol. The van der Waals surface area contributed by atoms with Gasteiger partial charge in [0, 0.05) is 31.4 Å². The van der Waals surface area contributed by atoms with Gasteiger partial charge in [0.25, 0.3) is 0 Å². The third-order valence-electron chi connectivity index (χ3n) is 4.30. The molecule has 0 aliphatic carbocycles. The van der Waals surface area contributed by atoms with Crippen molar-refractivity contribution in [3.05, 3.63) is 17.7 Å². The zero-order chi connectivity index (χ0) is 17.8. The summed E-state index contributed by atoms with van der Waals surface area (Å²) < 4.78 is 45.4. The molecule has 138 valence electrons. The van der Waals surface area contributed by atoms with Crippen LogP contribution >= 0.6 is 0 Å². The van der Waals surface area contributed by atoms with E-state index in [9.17, 15) is 13.6 Å². The number of alkyl halides is 2. The lowest BCUT2D eigenvalue weighted by Gasteiger charge is -2.26. The van der Waals surface area contributed by atoms with Gasteiger partial charge in [-0.05, 0) is 24.8 Å². The van der Waals surface area contributed by atoms with Gasteiger partial charge in [-0.1, -0.05) is 0 Å². The molecule has 0 radical (unpaired) electrons. The summed E-state index contributed by atoms with van der Waals surface area (Å²) in [6, 6.07) is 2.17. The molecule has 7 nitrogen and oxygen atoms in total. The highest BCUT2D eigenvalue weighted by Gasteiger charge is 2.27. The predicted octanol–water partition coefficient (Wildman–Crippen LogP) is 1.39. The maximum absolute atomic E-state index is 12.6. The van der Waals surface area contributed by atoms with Crippen LogP contribution in [0.3, 0.4) is 0 Å². The number of benzene rings is 1. The van der Waals surface area contributed by atoms with Crippen molar-refractivity contribution in [2.75, 3.05) is 20.0 Å². The topological polar surface area (TPSA) is 92.0 Å². The van der Waals surface area contributed by atoms with Crippen LogP contribution in [0.15, 0.2) is 12.1 Å². The van der Waals surface area contributed by atoms with Gasteiger partial charge < -0.3 is 30.0 Å². The second-order valence-corrected chi connectivity index (χ2v) is 5.89. The van der Waals surface area contributed by atoms with Gasteiger partial charge in [-0.25, -0.2) is 0 Å². The summed E-state index contributed by atoms with van der Waals surface area (Å²) in [5, 5.41) is 2.67. The number of hydrogen-bond acceptors (Lipinski definition) is 6. The van der Waals surface area contributed by atoms with E-state index in [2.05, 4.69) is 10.1 Å². The molecule has 2 aliphatic rings. The van der Waals surface area contributed by atoms with E-state index in [0.29, 0.717) is 30.3 Å². The van der Waals surface area contributed by atoms with Gasteiger partial charge in [0.2, 0.25) is 12.7 Å². The largest absolute Gasteiger partial charge is 0.454 e. The highest BCUT2D eigenvalue weighted by atomic mass is 19.3. The van der Waals surface area contributed by atoms with Crippen molar-refractivity contribution in [3.8, 4) is 17.2 Å². The molecule has 1 aromatic rings. The minimum absolute atomic E-state index is 0.00551. The van der Waals surface area contributed by atoms with E-state index in [1.165, 1.54) is 12.1 Å². The standard InChI is InChI=1S/C16H20F2N2O5/c17-16(18)25-11-6-13-12(23-8-24-13)5-10(11)7-20-15(21)14(19)9-1-3-22-4-2-9/h5-6,9,14,16H,1-4,7-8,19H2,(H,20,21). The van der Waals surface area contributed by atoms with Gasteiger partial charge in [0.05, 0.1) is 6.04 Å². The first-order valence-electron chi connectivity index (χ1n) is 8.03. The summed E-state index contributed by atoms with van der Waals surface area (Å²) in [6.45, 7) is -1.82. The molecule has 0 bridgehead atoms. The van der Waals surface area contributed by atoms with E-state index < -0.39 is 12.7 Å². The Labute approximate surface area is 143 Å². The maximum atomic E-state index is 12.6. The van der Waals surface area contributed by atoms with Crippen LogP contribution in [0.2, 0.25) is 0 Å². The van der Waals surface area contributed by atoms with Crippen molar-refractivity contribution in [2.24, 2.45) is 11.7 Å². The van der Waals surface area contributed by atoms with Crippen molar-refractivity contribution in [2.45, 2.75) is 32.0 Å². The van der Waals surface area contributed by atoms with E-state index in [1.54, 1.807) is 0 Å². The highest BCUT2D eigenvalue weighted by molar-refractivity contribution is 5.81. The van der Waals surface area contributed by atoms with Crippen LogP contribution in [0, 0.1) is 5.92 Å². The summed E-state index contributed by atoms with van der Waals surface area (Å²) >= 11 is 0. The molecule has 9 heteroatoms. The Morgan fingerprint density at radius 3 is 2.64 bits per heavy atom. The molecular weight excluding hydrogens is 338 g/mol. The summed E-state index contributed by atoms with van der Waals surface area (Å²) in [7, 11) is 0. The Bertz CT molecular complexity index is 623. The monoisotopic (exact) mass is 358 g/mol. The first kappa shape index (κ1) is 17.7. The molecule has 0 saturated carbocycles. The number of nitrogens with one attached hydrogen (secondary N) is 1. The highest BCUT2D eigenvalue weighted by Crippen LogP contribution is 2.38. The number of rotatable bonds is 6. The Hall–Kier alpha value is -2.13. The second kappa shape index (κ2) is 7.83. The summed E-state index contributed by atoms with van der Waals surface area (Å²) in [5.41, 5.74) is 6.36. The number of fused-ring (bicyclic) bond motifs is 1. The summed E-state index contributed by atoms with van der Waals surface area (Å²) in [4.78, 5) is 12.3. The SMILES string of the molecule is NC(C(=O)NCc1cc2c(cc1OC(F)F)OCO2)C1CCOCC1. The van der Waals surface area contributed by atoms with Gasteiger partial charge >= 0.3 is 6.61 Å². The van der Waals surface area contributed by atoms with Gasteiger partial charge in [0.15, 0.2) is 11.5 Å². The molecule has 2 heterocycles. The number of carbonyl (C=O) groups excluding carboxylic acids is 1. The summed E-state index contributed by atoms with van der Waals surface area (Å²) in [5.74, 6) is 0.373. The molecule has 3 N–H and O–H groups in total. The molecule has 25 heavy (non-hydrogen) atoms. The van der Waals surface area contributed by atoms with E-state index in [1.807, 2.05) is 0 Å². The zero-order valence-electron chi connectivity index (χ0n) is 13.5. The number of halogens is 2. The zero-order valence-corrected chi connectivity index (χ0v) is 13.5. The van der Waals surface area contributed by atoms with Crippen molar-refractivity contribution in [3.63, 3.8) is 0 Å². The van der Waals surface area contributed by atoms with Crippen molar-refractivity contribution in [1.29, 1.82) is 0 Å². The average molecular weight is 358 g/mol. The average Bonchev–Trinajstić information content (AvgIpc) is 3.06. The normalized spacial score (nSPS) is 18.2. The van der Waals surface area contributed by atoms with Crippen LogP contribution in [0.1, 0.15) is 18.4 Å². The van der Waals surface area contributed by atoms with Crippen LogP contribution in [0.25, 0.3) is 0 Å². The van der Waals surface area contributed by atoms with Gasteiger partial charge in [-0.15, -0.1) is 0 Å². The molecule has 1 fully saturated rings. The lowest BCUT2D eigenvalue weighted by molar-refractivity contribution is -0.124. The van der Waals surface area contributed by atoms with Gasteiger partial charge in [0.1, 0.15) is 5.75 Å². The lowest BCUT2D eigenvalue weighted by Crippen LogP contribution is -2.46. The Morgan fingerprint density at radius 1 is 1.28 bits per heavy atom. The smallest absolute Gasteiger partial charge is 0.387 e. The Kier molecular flexibility index (Phi) is 5.54. The first-order valence-corrected chi connectivity index (χ1v) is 8.03. The Balaban J connectivity index is 1.66. The van der Waals surface area contributed by atoms with Crippen LogP contribution in [0.4, 0.5) is 8.78 Å². The molecule has 0 aromatic heterocycles. The molecule has 1 saturated heterocycles. The quantitative estimate of drug-likeness (QED) is 0.798. The number of hydrogen-bond donors (Lipinski definition) is 2. The molecule has 3 rings (SSSR count). The van der Waals surface area contributed by atoms with Crippen LogP contribution in [0.5, 0.6) is 17.2 Å². The van der Waals surface area contributed by atoms with Gasteiger partial charge in [-0.2, -0.15) is 8.78 Å². The van der Waals surface area contributed by atoms with E-state index in [4.69, 9.17) is 19.9 Å². The number of nitrogens with two attached hydrogens (primary N) is 1. The molecule has 1 unspecified atom stereocenters. The van der Waals surface area contributed by atoms with Gasteiger partial charge in [-0.3, -0.25) is 4.79 Å².